The van der Waals surface area contributed by atoms with E-state index in [9.17, 15) is 19.7 Å². The van der Waals surface area contributed by atoms with Gasteiger partial charge in [-0.25, -0.2) is 14.4 Å². The number of nitrogens with zero attached hydrogens (tertiary/aromatic N) is 3. The topological polar surface area (TPSA) is 111 Å². The van der Waals surface area contributed by atoms with Gasteiger partial charge in [-0.3, -0.25) is 4.98 Å². The highest BCUT2D eigenvalue weighted by Crippen LogP contribution is 2.37. The molecule has 0 saturated heterocycles. The second-order valence-electron chi connectivity index (χ2n) is 9.32. The molecule has 0 amide bonds. The van der Waals surface area contributed by atoms with E-state index < -0.39 is 30.2 Å². The monoisotopic (exact) mass is 510 g/mol. The average Bonchev–Trinajstić information content (AvgIpc) is 2.85. The number of aryl methyl sites for hydroxylation is 1. The van der Waals surface area contributed by atoms with Gasteiger partial charge in [-0.2, -0.15) is 0 Å². The molecule has 188 valence electrons. The number of nitrogens with one attached hydrogen (secondary N) is 1. The van der Waals surface area contributed by atoms with Crippen LogP contribution in [0.15, 0.2) is 48.8 Å². The summed E-state index contributed by atoms with van der Waals surface area (Å²) >= 11 is 6.67. The molecular weight excluding hydrogens is 483 g/mol. The number of rotatable bonds is 7. The lowest BCUT2D eigenvalue weighted by Gasteiger charge is -2.21. The van der Waals surface area contributed by atoms with Gasteiger partial charge in [-0.15, -0.1) is 0 Å². The van der Waals surface area contributed by atoms with Gasteiger partial charge in [0.2, 0.25) is 0 Å². The molecule has 0 aliphatic heterocycles. The van der Waals surface area contributed by atoms with Crippen LogP contribution in [0.3, 0.4) is 0 Å². The van der Waals surface area contributed by atoms with E-state index in [0.717, 1.165) is 16.5 Å². The lowest BCUT2D eigenvalue weighted by Crippen LogP contribution is -2.19. The summed E-state index contributed by atoms with van der Waals surface area (Å²) in [6.07, 6.45) is 2.19. The molecule has 0 aliphatic carbocycles. The van der Waals surface area contributed by atoms with Crippen LogP contribution in [0.1, 0.15) is 55.6 Å². The summed E-state index contributed by atoms with van der Waals surface area (Å²) in [6, 6.07) is 9.41. The van der Waals surface area contributed by atoms with Gasteiger partial charge in [0, 0.05) is 28.9 Å². The van der Waals surface area contributed by atoms with Crippen LogP contribution in [0, 0.1) is 12.7 Å². The van der Waals surface area contributed by atoms with E-state index in [1.165, 1.54) is 18.2 Å². The number of aliphatic hydroxyl groups excluding tert-OH is 2. The fourth-order valence-corrected chi connectivity index (χ4v) is 4.18. The molecule has 4 N–H and O–H groups in total. The molecule has 0 bridgehead atoms. The van der Waals surface area contributed by atoms with Crippen molar-refractivity contribution in [2.24, 2.45) is 0 Å². The molecule has 36 heavy (non-hydrogen) atoms. The standard InChI is InChI=1S/C27H28ClFN4O3/c1-14(19-10-17(23(35)13-34)5-7-21(19)29)33-25-20-9-16(6-8-22(20)32-15(2)24(25)28)18-11-30-26(31-12-18)27(3,4)36/h5-12,14,23,34-36H,13H2,1-4H3,(H,32,33)/t14-,23?/m1/s1. The zero-order valence-corrected chi connectivity index (χ0v) is 21.2. The number of hydrogen-bond donors (Lipinski definition) is 4. The lowest BCUT2D eigenvalue weighted by atomic mass is 10.00. The van der Waals surface area contributed by atoms with Gasteiger partial charge < -0.3 is 20.6 Å². The predicted octanol–water partition coefficient (Wildman–Crippen LogP) is 5.22. The van der Waals surface area contributed by atoms with Gasteiger partial charge in [0.15, 0.2) is 5.82 Å². The molecule has 0 saturated carbocycles. The fourth-order valence-electron chi connectivity index (χ4n) is 3.98. The Bertz CT molecular complexity index is 1410. The second-order valence-corrected chi connectivity index (χ2v) is 9.70. The molecule has 0 spiro atoms. The summed E-state index contributed by atoms with van der Waals surface area (Å²) in [5.74, 6) is -0.126. The van der Waals surface area contributed by atoms with E-state index in [0.29, 0.717) is 38.9 Å². The van der Waals surface area contributed by atoms with Gasteiger partial charge >= 0.3 is 0 Å². The van der Waals surface area contributed by atoms with Crippen LogP contribution in [0.2, 0.25) is 5.02 Å². The fraction of sp³-hybridized carbons (Fsp3) is 0.296. The van der Waals surface area contributed by atoms with Crippen molar-refractivity contribution in [2.75, 3.05) is 11.9 Å². The van der Waals surface area contributed by atoms with Crippen molar-refractivity contribution >= 4 is 28.2 Å². The Kier molecular flexibility index (Phi) is 7.24. The number of anilines is 1. The third-order valence-corrected chi connectivity index (χ3v) is 6.49. The Morgan fingerprint density at radius 3 is 2.42 bits per heavy atom. The molecule has 2 atom stereocenters. The minimum Gasteiger partial charge on any atom is -0.393 e. The van der Waals surface area contributed by atoms with Crippen LogP contribution in [-0.2, 0) is 5.60 Å². The smallest absolute Gasteiger partial charge is 0.159 e. The highest BCUT2D eigenvalue weighted by molar-refractivity contribution is 6.35. The van der Waals surface area contributed by atoms with Crippen molar-refractivity contribution < 1.29 is 19.7 Å². The Morgan fingerprint density at radius 1 is 1.08 bits per heavy atom. The molecule has 7 nitrogen and oxygen atoms in total. The van der Waals surface area contributed by atoms with Crippen LogP contribution in [-0.4, -0.2) is 36.9 Å². The first-order valence-electron chi connectivity index (χ1n) is 11.5. The maximum Gasteiger partial charge on any atom is 0.159 e. The number of pyridine rings is 1. The van der Waals surface area contributed by atoms with E-state index in [-0.39, 0.29) is 0 Å². The number of halogens is 2. The third-order valence-electron chi connectivity index (χ3n) is 6.03. The van der Waals surface area contributed by atoms with Crippen molar-refractivity contribution in [1.82, 2.24) is 15.0 Å². The second kappa shape index (κ2) is 10.1. The highest BCUT2D eigenvalue weighted by Gasteiger charge is 2.21. The van der Waals surface area contributed by atoms with Crippen molar-refractivity contribution in [3.63, 3.8) is 0 Å². The highest BCUT2D eigenvalue weighted by atomic mass is 35.5. The predicted molar refractivity (Wildman–Crippen MR) is 138 cm³/mol. The van der Waals surface area contributed by atoms with E-state index in [1.54, 1.807) is 40.1 Å². The average molecular weight is 511 g/mol. The molecule has 2 aromatic heterocycles. The van der Waals surface area contributed by atoms with Crippen LogP contribution in [0.4, 0.5) is 10.1 Å². The maximum absolute atomic E-state index is 14.7. The van der Waals surface area contributed by atoms with Crippen LogP contribution in [0.5, 0.6) is 0 Å². The van der Waals surface area contributed by atoms with Crippen molar-refractivity contribution in [1.29, 1.82) is 0 Å². The van der Waals surface area contributed by atoms with Gasteiger partial charge in [-0.05, 0) is 63.1 Å². The van der Waals surface area contributed by atoms with Crippen molar-refractivity contribution in [3.8, 4) is 11.1 Å². The lowest BCUT2D eigenvalue weighted by molar-refractivity contribution is 0.0687. The zero-order chi connectivity index (χ0) is 26.2. The molecule has 0 radical (unpaired) electrons. The van der Waals surface area contributed by atoms with Crippen LogP contribution >= 0.6 is 11.6 Å². The Morgan fingerprint density at radius 2 is 1.78 bits per heavy atom. The summed E-state index contributed by atoms with van der Waals surface area (Å²) in [6.45, 7) is 6.37. The van der Waals surface area contributed by atoms with E-state index in [4.69, 9.17) is 11.6 Å². The molecule has 1 unspecified atom stereocenters. The Hall–Kier alpha value is -3.17. The molecule has 2 heterocycles. The number of aliphatic hydroxyl groups is 3. The molecule has 0 fully saturated rings. The number of benzene rings is 2. The summed E-state index contributed by atoms with van der Waals surface area (Å²) in [5.41, 5.74) is 3.08. The van der Waals surface area contributed by atoms with E-state index in [1.807, 2.05) is 18.2 Å². The Labute approximate surface area is 213 Å². The summed E-state index contributed by atoms with van der Waals surface area (Å²) in [5, 5.41) is 33.9. The van der Waals surface area contributed by atoms with Gasteiger partial charge in [0.05, 0.1) is 34.6 Å². The molecule has 4 aromatic rings. The SMILES string of the molecule is Cc1nc2ccc(-c3cnc(C(C)(C)O)nc3)cc2c(N[C@H](C)c2cc(C(O)CO)ccc2F)c1Cl. The zero-order valence-electron chi connectivity index (χ0n) is 20.4. The normalized spacial score (nSPS) is 13.6. The first kappa shape index (κ1) is 25.9. The molecular formula is C27H28ClFN4O3. The quantitative estimate of drug-likeness (QED) is 0.270. The molecule has 9 heteroatoms. The Balaban J connectivity index is 1.76. The summed E-state index contributed by atoms with van der Waals surface area (Å²) in [4.78, 5) is 13.2. The van der Waals surface area contributed by atoms with Crippen molar-refractivity contribution in [3.05, 3.63) is 82.3 Å². The van der Waals surface area contributed by atoms with Gasteiger partial charge in [-0.1, -0.05) is 23.7 Å². The molecule has 0 aliphatic rings. The summed E-state index contributed by atoms with van der Waals surface area (Å²) in [7, 11) is 0. The number of fused-ring (bicyclic) bond motifs is 1. The molecule has 2 aromatic carbocycles. The first-order chi connectivity index (χ1) is 17.0. The largest absolute Gasteiger partial charge is 0.393 e. The van der Waals surface area contributed by atoms with E-state index in [2.05, 4.69) is 20.3 Å². The minimum absolute atomic E-state index is 0.319. The van der Waals surface area contributed by atoms with Gasteiger partial charge in [0.25, 0.3) is 0 Å². The van der Waals surface area contributed by atoms with Crippen molar-refractivity contribution in [2.45, 2.75) is 45.4 Å². The van der Waals surface area contributed by atoms with Gasteiger partial charge in [0.1, 0.15) is 17.5 Å². The number of hydrogen-bond acceptors (Lipinski definition) is 7. The van der Waals surface area contributed by atoms with E-state index >= 15 is 0 Å². The minimum atomic E-state index is -1.15. The van der Waals surface area contributed by atoms with Crippen LogP contribution < -0.4 is 5.32 Å². The maximum atomic E-state index is 14.7. The molecule has 4 rings (SSSR count). The number of aromatic nitrogens is 3. The summed E-state index contributed by atoms with van der Waals surface area (Å²) < 4.78 is 14.7. The first-order valence-corrected chi connectivity index (χ1v) is 11.9. The third kappa shape index (κ3) is 5.17. The van der Waals surface area contributed by atoms with Crippen LogP contribution in [0.25, 0.3) is 22.0 Å².